The molecule has 0 atom stereocenters. The SMILES string of the molecule is Cc1ccc(CN2CCN(CCOCCCC3CC(OC4CCN(CC5CCN(C)CC5)CC4)C3)CC2)cc1. The average Bonchev–Trinajstić information content (AvgIpc) is 2.93. The van der Waals surface area contributed by atoms with Gasteiger partial charge in [-0.05, 0) is 95.8 Å². The van der Waals surface area contributed by atoms with Gasteiger partial charge in [0, 0.05) is 65.5 Å². The van der Waals surface area contributed by atoms with Crippen molar-refractivity contribution >= 4 is 0 Å². The summed E-state index contributed by atoms with van der Waals surface area (Å²) in [5.41, 5.74) is 2.77. The normalized spacial score (nSPS) is 27.1. The van der Waals surface area contributed by atoms with Crippen molar-refractivity contribution in [2.24, 2.45) is 11.8 Å². The van der Waals surface area contributed by atoms with E-state index in [-0.39, 0.29) is 0 Å². The lowest BCUT2D eigenvalue weighted by atomic mass is 9.79. The van der Waals surface area contributed by atoms with Crippen LogP contribution in [0.4, 0.5) is 0 Å². The molecule has 1 aromatic rings. The van der Waals surface area contributed by atoms with Crippen LogP contribution in [0.15, 0.2) is 24.3 Å². The first-order valence-electron chi connectivity index (χ1n) is 16.2. The van der Waals surface area contributed by atoms with Gasteiger partial charge >= 0.3 is 0 Å². The zero-order chi connectivity index (χ0) is 26.9. The Bertz CT molecular complexity index is 805. The monoisotopic (exact) mass is 540 g/mol. The van der Waals surface area contributed by atoms with Crippen LogP contribution in [-0.2, 0) is 16.0 Å². The molecule has 0 radical (unpaired) electrons. The quantitative estimate of drug-likeness (QED) is 0.342. The molecule has 3 heterocycles. The van der Waals surface area contributed by atoms with Gasteiger partial charge in [0.2, 0.25) is 0 Å². The average molecular weight is 541 g/mol. The van der Waals surface area contributed by atoms with Crippen molar-refractivity contribution < 1.29 is 9.47 Å². The molecule has 0 spiro atoms. The smallest absolute Gasteiger partial charge is 0.0603 e. The molecule has 6 nitrogen and oxygen atoms in total. The Labute approximate surface area is 239 Å². The van der Waals surface area contributed by atoms with Crippen LogP contribution in [0, 0.1) is 18.8 Å². The molecule has 1 aliphatic carbocycles. The molecule has 220 valence electrons. The summed E-state index contributed by atoms with van der Waals surface area (Å²) in [5.74, 6) is 1.78. The zero-order valence-electron chi connectivity index (χ0n) is 25.1. The highest BCUT2D eigenvalue weighted by Crippen LogP contribution is 2.35. The molecule has 5 rings (SSSR count). The molecular weight excluding hydrogens is 484 g/mol. The van der Waals surface area contributed by atoms with Crippen LogP contribution in [0.3, 0.4) is 0 Å². The fourth-order valence-corrected chi connectivity index (χ4v) is 7.02. The third-order valence-electron chi connectivity index (χ3n) is 9.91. The first-order valence-corrected chi connectivity index (χ1v) is 16.2. The molecule has 0 amide bonds. The van der Waals surface area contributed by atoms with E-state index >= 15 is 0 Å². The summed E-state index contributed by atoms with van der Waals surface area (Å²) in [5, 5.41) is 0. The van der Waals surface area contributed by atoms with Crippen molar-refractivity contribution in [3.8, 4) is 0 Å². The van der Waals surface area contributed by atoms with E-state index in [1.54, 1.807) is 0 Å². The van der Waals surface area contributed by atoms with Crippen LogP contribution < -0.4 is 0 Å². The lowest BCUT2D eigenvalue weighted by Gasteiger charge is -2.41. The van der Waals surface area contributed by atoms with Crippen molar-refractivity contribution in [3.05, 3.63) is 35.4 Å². The molecule has 1 saturated carbocycles. The number of ether oxygens (including phenoxy) is 2. The molecule has 0 aromatic heterocycles. The van der Waals surface area contributed by atoms with Gasteiger partial charge in [-0.3, -0.25) is 9.80 Å². The van der Waals surface area contributed by atoms with Gasteiger partial charge in [0.1, 0.15) is 0 Å². The van der Waals surface area contributed by atoms with Gasteiger partial charge in [0.15, 0.2) is 0 Å². The minimum absolute atomic E-state index is 0.512. The highest BCUT2D eigenvalue weighted by atomic mass is 16.5. The number of hydrogen-bond acceptors (Lipinski definition) is 6. The van der Waals surface area contributed by atoms with Crippen LogP contribution in [0.1, 0.15) is 62.5 Å². The van der Waals surface area contributed by atoms with Crippen LogP contribution in [0.25, 0.3) is 0 Å². The van der Waals surface area contributed by atoms with Crippen molar-refractivity contribution in [1.82, 2.24) is 19.6 Å². The molecular formula is C33H56N4O2. The van der Waals surface area contributed by atoms with Gasteiger partial charge in [-0.15, -0.1) is 0 Å². The lowest BCUT2D eigenvalue weighted by molar-refractivity contribution is -0.0965. The molecule has 4 aliphatic rings. The van der Waals surface area contributed by atoms with Crippen LogP contribution >= 0.6 is 0 Å². The second-order valence-corrected chi connectivity index (χ2v) is 13.2. The molecule has 0 bridgehead atoms. The fraction of sp³-hybridized carbons (Fsp3) is 0.818. The van der Waals surface area contributed by atoms with Crippen molar-refractivity contribution in [3.63, 3.8) is 0 Å². The van der Waals surface area contributed by atoms with E-state index in [4.69, 9.17) is 9.47 Å². The molecule has 0 N–H and O–H groups in total. The van der Waals surface area contributed by atoms with Crippen molar-refractivity contribution in [2.75, 3.05) is 85.7 Å². The second-order valence-electron chi connectivity index (χ2n) is 13.2. The first-order chi connectivity index (χ1) is 19.1. The minimum Gasteiger partial charge on any atom is -0.380 e. The van der Waals surface area contributed by atoms with E-state index in [1.807, 2.05) is 0 Å². The zero-order valence-corrected chi connectivity index (χ0v) is 25.1. The summed E-state index contributed by atoms with van der Waals surface area (Å²) in [7, 11) is 2.26. The summed E-state index contributed by atoms with van der Waals surface area (Å²) >= 11 is 0. The van der Waals surface area contributed by atoms with E-state index in [9.17, 15) is 0 Å². The van der Waals surface area contributed by atoms with Gasteiger partial charge in [-0.1, -0.05) is 29.8 Å². The maximum atomic E-state index is 6.49. The Morgan fingerprint density at radius 1 is 0.718 bits per heavy atom. The number of rotatable bonds is 13. The summed E-state index contributed by atoms with van der Waals surface area (Å²) < 4.78 is 12.5. The maximum absolute atomic E-state index is 6.49. The first kappa shape index (κ1) is 29.5. The Balaban J connectivity index is 0.823. The predicted octanol–water partition coefficient (Wildman–Crippen LogP) is 4.51. The number of piperazine rings is 1. The number of piperidine rings is 2. The van der Waals surface area contributed by atoms with E-state index in [0.29, 0.717) is 12.2 Å². The summed E-state index contributed by atoms with van der Waals surface area (Å²) in [4.78, 5) is 10.3. The van der Waals surface area contributed by atoms with Gasteiger partial charge in [-0.2, -0.15) is 0 Å². The van der Waals surface area contributed by atoms with Crippen LogP contribution in [0.5, 0.6) is 0 Å². The van der Waals surface area contributed by atoms with Gasteiger partial charge < -0.3 is 19.3 Å². The largest absolute Gasteiger partial charge is 0.380 e. The fourth-order valence-electron chi connectivity index (χ4n) is 7.02. The predicted molar refractivity (Wildman–Crippen MR) is 160 cm³/mol. The van der Waals surface area contributed by atoms with Crippen molar-refractivity contribution in [1.29, 1.82) is 0 Å². The van der Waals surface area contributed by atoms with E-state index < -0.39 is 0 Å². The Kier molecular flexibility index (Phi) is 11.5. The number of hydrogen-bond donors (Lipinski definition) is 0. The van der Waals surface area contributed by atoms with E-state index in [0.717, 1.165) is 64.3 Å². The Morgan fingerprint density at radius 2 is 1.41 bits per heavy atom. The molecule has 3 saturated heterocycles. The lowest BCUT2D eigenvalue weighted by Crippen LogP contribution is -2.46. The Morgan fingerprint density at radius 3 is 2.13 bits per heavy atom. The molecule has 3 aliphatic heterocycles. The topological polar surface area (TPSA) is 31.4 Å². The van der Waals surface area contributed by atoms with Gasteiger partial charge in [0.05, 0.1) is 18.8 Å². The number of benzene rings is 1. The number of likely N-dealkylation sites (tertiary alicyclic amines) is 2. The number of aryl methyl sites for hydroxylation is 1. The van der Waals surface area contributed by atoms with Crippen LogP contribution in [-0.4, -0.2) is 118 Å². The van der Waals surface area contributed by atoms with E-state index in [2.05, 4.69) is 57.8 Å². The van der Waals surface area contributed by atoms with Crippen LogP contribution in [0.2, 0.25) is 0 Å². The minimum atomic E-state index is 0.512. The highest BCUT2D eigenvalue weighted by molar-refractivity contribution is 5.21. The molecule has 0 unspecified atom stereocenters. The maximum Gasteiger partial charge on any atom is 0.0603 e. The molecule has 39 heavy (non-hydrogen) atoms. The molecule has 6 heteroatoms. The summed E-state index contributed by atoms with van der Waals surface area (Å²) in [6.45, 7) is 17.1. The van der Waals surface area contributed by atoms with Gasteiger partial charge in [0.25, 0.3) is 0 Å². The third-order valence-corrected chi connectivity index (χ3v) is 9.91. The Hall–Kier alpha value is -1.02. The molecule has 1 aromatic carbocycles. The van der Waals surface area contributed by atoms with Crippen molar-refractivity contribution in [2.45, 2.75) is 77.0 Å². The van der Waals surface area contributed by atoms with Gasteiger partial charge in [-0.25, -0.2) is 0 Å². The summed E-state index contributed by atoms with van der Waals surface area (Å²) in [6, 6.07) is 8.99. The van der Waals surface area contributed by atoms with E-state index in [1.165, 1.54) is 95.2 Å². The highest BCUT2D eigenvalue weighted by Gasteiger charge is 2.33. The summed E-state index contributed by atoms with van der Waals surface area (Å²) in [6.07, 6.45) is 11.4. The third kappa shape index (κ3) is 9.79. The number of nitrogens with zero attached hydrogens (tertiary/aromatic N) is 4. The molecule has 4 fully saturated rings. The standard InChI is InChI=1S/C33H56N4O2/c1-28-5-7-29(8-6-28)26-37-19-17-35(18-20-37)21-23-38-22-3-4-31-24-33(25-31)39-32-11-15-36(16-12-32)27-30-9-13-34(2)14-10-30/h5-8,30-33H,3-4,9-27H2,1-2H3. The second kappa shape index (κ2) is 15.3.